The molecule has 1 aromatic heterocycles. The summed E-state index contributed by atoms with van der Waals surface area (Å²) >= 11 is 0. The van der Waals surface area contributed by atoms with Crippen LogP contribution < -0.4 is 10.6 Å². The van der Waals surface area contributed by atoms with E-state index in [0.717, 1.165) is 4.90 Å². The minimum atomic E-state index is -0.435. The van der Waals surface area contributed by atoms with E-state index in [4.69, 9.17) is 10.3 Å². The third kappa shape index (κ3) is 1.32. The van der Waals surface area contributed by atoms with Crippen molar-refractivity contribution in [3.05, 3.63) is 41.2 Å². The van der Waals surface area contributed by atoms with Gasteiger partial charge in [0, 0.05) is 11.8 Å². The van der Waals surface area contributed by atoms with Crippen molar-refractivity contribution in [1.29, 1.82) is 0 Å². The van der Waals surface area contributed by atoms with Crippen molar-refractivity contribution >= 4 is 23.3 Å². The molecule has 0 spiro atoms. The van der Waals surface area contributed by atoms with Gasteiger partial charge in [-0.1, -0.05) is 5.16 Å². The maximum Gasteiger partial charge on any atom is 0.267 e. The molecule has 0 saturated carbocycles. The molecule has 2 N–H and O–H groups in total. The third-order valence-corrected chi connectivity index (χ3v) is 2.76. The van der Waals surface area contributed by atoms with Crippen LogP contribution in [0.2, 0.25) is 0 Å². The van der Waals surface area contributed by atoms with Gasteiger partial charge in [-0.25, -0.2) is 4.90 Å². The van der Waals surface area contributed by atoms with Crippen molar-refractivity contribution in [3.8, 4) is 0 Å². The fourth-order valence-electron chi connectivity index (χ4n) is 1.93. The summed E-state index contributed by atoms with van der Waals surface area (Å²) in [5, 5.41) is 3.68. The number of fused-ring (bicyclic) bond motifs is 1. The van der Waals surface area contributed by atoms with E-state index in [2.05, 4.69) is 5.16 Å². The van der Waals surface area contributed by atoms with Gasteiger partial charge in [-0.3, -0.25) is 9.59 Å². The van der Waals surface area contributed by atoms with E-state index in [0.29, 0.717) is 22.6 Å². The fraction of sp³-hybridized carbons (Fsp3) is 0.0833. The molecule has 0 unspecified atom stereocenters. The number of benzene rings is 1. The van der Waals surface area contributed by atoms with E-state index in [-0.39, 0.29) is 5.82 Å². The van der Waals surface area contributed by atoms with Crippen molar-refractivity contribution < 1.29 is 14.1 Å². The zero-order chi connectivity index (χ0) is 12.9. The lowest BCUT2D eigenvalue weighted by Gasteiger charge is -2.07. The van der Waals surface area contributed by atoms with Crippen molar-refractivity contribution in [2.24, 2.45) is 0 Å². The number of hydrogen-bond donors (Lipinski definition) is 1. The Bertz CT molecular complexity index is 675. The van der Waals surface area contributed by atoms with E-state index in [1.807, 2.05) is 0 Å². The van der Waals surface area contributed by atoms with Crippen LogP contribution >= 0.6 is 0 Å². The predicted octanol–water partition coefficient (Wildman–Crippen LogP) is 1.37. The molecule has 2 aromatic rings. The number of aromatic nitrogens is 1. The Hall–Kier alpha value is -2.63. The molecule has 0 saturated heterocycles. The Labute approximate surface area is 102 Å². The van der Waals surface area contributed by atoms with E-state index in [1.54, 1.807) is 13.0 Å². The molecule has 1 aromatic carbocycles. The lowest BCUT2D eigenvalue weighted by Crippen LogP contribution is -2.29. The summed E-state index contributed by atoms with van der Waals surface area (Å²) < 4.78 is 4.88. The number of carbonyl (C=O) groups is 2. The van der Waals surface area contributed by atoms with Crippen molar-refractivity contribution in [3.63, 3.8) is 0 Å². The molecule has 90 valence electrons. The summed E-state index contributed by atoms with van der Waals surface area (Å²) in [7, 11) is 0. The molecule has 1 aliphatic rings. The van der Waals surface area contributed by atoms with Gasteiger partial charge in [0.05, 0.1) is 11.1 Å². The van der Waals surface area contributed by atoms with Crippen LogP contribution in [0.4, 0.5) is 11.5 Å². The van der Waals surface area contributed by atoms with E-state index in [1.165, 1.54) is 18.2 Å². The molecule has 0 atom stereocenters. The summed E-state index contributed by atoms with van der Waals surface area (Å²) in [5.74, 6) is -0.128. The lowest BCUT2D eigenvalue weighted by atomic mass is 10.1. The second-order valence-corrected chi connectivity index (χ2v) is 4.05. The predicted molar refractivity (Wildman–Crippen MR) is 63.2 cm³/mol. The molecule has 6 heteroatoms. The molecule has 2 heterocycles. The highest BCUT2D eigenvalue weighted by Gasteiger charge is 2.38. The monoisotopic (exact) mass is 243 g/mol. The second-order valence-electron chi connectivity index (χ2n) is 4.05. The number of aryl methyl sites for hydroxylation is 1. The van der Waals surface area contributed by atoms with Crippen LogP contribution in [0.5, 0.6) is 0 Å². The number of nitrogens with zero attached hydrogens (tertiary/aromatic N) is 2. The number of imide groups is 1. The maximum atomic E-state index is 12.1. The highest BCUT2D eigenvalue weighted by Crippen LogP contribution is 2.29. The first-order chi connectivity index (χ1) is 8.58. The van der Waals surface area contributed by atoms with Crippen molar-refractivity contribution in [1.82, 2.24) is 5.16 Å². The van der Waals surface area contributed by atoms with E-state index < -0.39 is 11.8 Å². The lowest BCUT2D eigenvalue weighted by molar-refractivity contribution is 0.0924. The number of rotatable bonds is 1. The van der Waals surface area contributed by atoms with Gasteiger partial charge in [0.15, 0.2) is 5.82 Å². The summed E-state index contributed by atoms with van der Waals surface area (Å²) in [6, 6.07) is 6.15. The molecule has 0 bridgehead atoms. The SMILES string of the molecule is Cc1cc(N2C(=O)c3ccc(N)cc3C2=O)no1. The van der Waals surface area contributed by atoms with Gasteiger partial charge in [0.1, 0.15) is 5.76 Å². The van der Waals surface area contributed by atoms with Gasteiger partial charge < -0.3 is 10.3 Å². The third-order valence-electron chi connectivity index (χ3n) is 2.76. The van der Waals surface area contributed by atoms with Crippen LogP contribution in [0.25, 0.3) is 0 Å². The summed E-state index contributed by atoms with van der Waals surface area (Å²) in [6.07, 6.45) is 0. The van der Waals surface area contributed by atoms with Crippen LogP contribution in [-0.2, 0) is 0 Å². The molecule has 1 aliphatic heterocycles. The first-order valence-electron chi connectivity index (χ1n) is 5.29. The quantitative estimate of drug-likeness (QED) is 0.603. The van der Waals surface area contributed by atoms with Crippen LogP contribution in [0.15, 0.2) is 28.8 Å². The van der Waals surface area contributed by atoms with Gasteiger partial charge in [0.2, 0.25) is 0 Å². The highest BCUT2D eigenvalue weighted by molar-refractivity contribution is 6.34. The highest BCUT2D eigenvalue weighted by atomic mass is 16.5. The standard InChI is InChI=1S/C12H9N3O3/c1-6-4-10(14-18-6)15-11(16)8-3-2-7(13)5-9(8)12(15)17/h2-5H,13H2,1H3. The number of nitrogens with two attached hydrogens (primary N) is 1. The number of hydrogen-bond acceptors (Lipinski definition) is 5. The zero-order valence-electron chi connectivity index (χ0n) is 9.51. The van der Waals surface area contributed by atoms with Gasteiger partial charge >= 0.3 is 0 Å². The van der Waals surface area contributed by atoms with Crippen LogP contribution in [-0.4, -0.2) is 17.0 Å². The molecule has 18 heavy (non-hydrogen) atoms. The molecule has 0 fully saturated rings. The summed E-state index contributed by atoms with van der Waals surface area (Å²) in [6.45, 7) is 1.69. The largest absolute Gasteiger partial charge is 0.399 e. The number of carbonyl (C=O) groups excluding carboxylic acids is 2. The molecular formula is C12H9N3O3. The van der Waals surface area contributed by atoms with E-state index in [9.17, 15) is 9.59 Å². The van der Waals surface area contributed by atoms with E-state index >= 15 is 0 Å². The number of amides is 2. The second kappa shape index (κ2) is 3.43. The van der Waals surface area contributed by atoms with Gasteiger partial charge in [-0.2, -0.15) is 0 Å². The summed E-state index contributed by atoms with van der Waals surface area (Å²) in [5.41, 5.74) is 6.67. The normalized spacial score (nSPS) is 14.2. The first kappa shape index (κ1) is 10.5. The van der Waals surface area contributed by atoms with Gasteiger partial charge in [-0.15, -0.1) is 0 Å². The number of nitrogen functional groups attached to an aromatic ring is 1. The van der Waals surface area contributed by atoms with Gasteiger partial charge in [0.25, 0.3) is 11.8 Å². The fourth-order valence-corrected chi connectivity index (χ4v) is 1.93. The number of anilines is 2. The Morgan fingerprint density at radius 2 is 1.89 bits per heavy atom. The minimum absolute atomic E-state index is 0.192. The maximum absolute atomic E-state index is 12.1. The van der Waals surface area contributed by atoms with Gasteiger partial charge in [-0.05, 0) is 25.1 Å². The first-order valence-corrected chi connectivity index (χ1v) is 5.29. The average molecular weight is 243 g/mol. The average Bonchev–Trinajstić information content (AvgIpc) is 2.84. The van der Waals surface area contributed by atoms with Crippen molar-refractivity contribution in [2.75, 3.05) is 10.6 Å². The Kier molecular flexibility index (Phi) is 2.00. The summed E-state index contributed by atoms with van der Waals surface area (Å²) in [4.78, 5) is 25.2. The Morgan fingerprint density at radius 1 is 1.17 bits per heavy atom. The topological polar surface area (TPSA) is 89.4 Å². The van der Waals surface area contributed by atoms with Crippen molar-refractivity contribution in [2.45, 2.75) is 6.92 Å². The molecule has 6 nitrogen and oxygen atoms in total. The van der Waals surface area contributed by atoms with Crippen LogP contribution in [0, 0.1) is 6.92 Å². The Balaban J connectivity index is 2.12. The molecule has 2 amide bonds. The zero-order valence-corrected chi connectivity index (χ0v) is 9.51. The molecular weight excluding hydrogens is 234 g/mol. The minimum Gasteiger partial charge on any atom is -0.399 e. The van der Waals surface area contributed by atoms with Crippen LogP contribution in [0.1, 0.15) is 26.5 Å². The smallest absolute Gasteiger partial charge is 0.267 e. The molecule has 3 rings (SSSR count). The van der Waals surface area contributed by atoms with Crippen LogP contribution in [0.3, 0.4) is 0 Å². The molecule has 0 aliphatic carbocycles. The molecule has 0 radical (unpaired) electrons. The Morgan fingerprint density at radius 3 is 2.56 bits per heavy atom.